The molecule has 1 aliphatic carbocycles. The van der Waals surface area contributed by atoms with E-state index < -0.39 is 5.60 Å². The molecule has 1 N–H and O–H groups in total. The minimum absolute atomic E-state index is 0.0267. The molecule has 0 saturated heterocycles. The molecule has 3 rings (SSSR count). The van der Waals surface area contributed by atoms with Crippen molar-refractivity contribution in [1.82, 2.24) is 14.8 Å². The molecule has 0 amide bonds. The molecule has 0 spiro atoms. The Morgan fingerprint density at radius 1 is 1.33 bits per heavy atom. The lowest BCUT2D eigenvalue weighted by Crippen LogP contribution is -2.32. The first kappa shape index (κ1) is 11.9. The average molecular weight is 308 g/mol. The molecule has 5 heteroatoms. The number of hydrogen-bond donors (Lipinski definition) is 1. The van der Waals surface area contributed by atoms with Crippen LogP contribution in [0.4, 0.5) is 0 Å². The van der Waals surface area contributed by atoms with Crippen LogP contribution in [0.3, 0.4) is 0 Å². The Labute approximate surface area is 114 Å². The van der Waals surface area contributed by atoms with E-state index in [4.69, 9.17) is 0 Å². The number of nitrogens with zero attached hydrogens (tertiary/aromatic N) is 3. The van der Waals surface area contributed by atoms with Crippen LogP contribution in [-0.2, 0) is 5.60 Å². The smallest absolute Gasteiger partial charge is 0.137 e. The van der Waals surface area contributed by atoms with E-state index in [1.807, 2.05) is 24.3 Å². The summed E-state index contributed by atoms with van der Waals surface area (Å²) in [4.78, 5) is 3.97. The van der Waals surface area contributed by atoms with Gasteiger partial charge in [-0.1, -0.05) is 28.1 Å². The molecule has 18 heavy (non-hydrogen) atoms. The Hall–Kier alpha value is -1.20. The van der Waals surface area contributed by atoms with Crippen LogP contribution in [-0.4, -0.2) is 19.9 Å². The number of hydrogen-bond acceptors (Lipinski definition) is 3. The highest BCUT2D eigenvalue weighted by Crippen LogP contribution is 2.46. The van der Waals surface area contributed by atoms with E-state index in [-0.39, 0.29) is 6.04 Å². The Morgan fingerprint density at radius 2 is 2.11 bits per heavy atom. The van der Waals surface area contributed by atoms with Crippen LogP contribution in [0.2, 0.25) is 0 Å². The van der Waals surface area contributed by atoms with E-state index in [0.717, 1.165) is 29.3 Å². The van der Waals surface area contributed by atoms with Crippen LogP contribution in [0.15, 0.2) is 41.4 Å². The zero-order chi connectivity index (χ0) is 12.6. The number of aromatic nitrogens is 3. The van der Waals surface area contributed by atoms with Crippen LogP contribution < -0.4 is 0 Å². The molecule has 94 valence electrons. The van der Waals surface area contributed by atoms with E-state index in [1.165, 1.54) is 6.33 Å². The summed E-state index contributed by atoms with van der Waals surface area (Å²) in [7, 11) is 0. The third-order valence-corrected chi connectivity index (χ3v) is 4.22. The second kappa shape index (κ2) is 4.48. The summed E-state index contributed by atoms with van der Waals surface area (Å²) in [5, 5.41) is 15.2. The van der Waals surface area contributed by atoms with Gasteiger partial charge in [0.25, 0.3) is 0 Å². The zero-order valence-electron chi connectivity index (χ0n) is 9.83. The van der Waals surface area contributed by atoms with Gasteiger partial charge in [0.2, 0.25) is 0 Å². The van der Waals surface area contributed by atoms with Crippen molar-refractivity contribution in [2.24, 2.45) is 0 Å². The molecule has 1 fully saturated rings. The van der Waals surface area contributed by atoms with Crippen molar-refractivity contribution in [2.75, 3.05) is 0 Å². The highest BCUT2D eigenvalue weighted by molar-refractivity contribution is 9.10. The quantitative estimate of drug-likeness (QED) is 0.928. The fraction of sp³-hybridized carbons (Fsp3) is 0.385. The highest BCUT2D eigenvalue weighted by Gasteiger charge is 2.44. The molecule has 2 unspecified atom stereocenters. The van der Waals surface area contributed by atoms with Crippen molar-refractivity contribution >= 4 is 15.9 Å². The lowest BCUT2D eigenvalue weighted by atomic mass is 9.89. The monoisotopic (exact) mass is 307 g/mol. The summed E-state index contributed by atoms with van der Waals surface area (Å²) < 4.78 is 2.79. The summed E-state index contributed by atoms with van der Waals surface area (Å²) in [6.45, 7) is 0. The molecular weight excluding hydrogens is 294 g/mol. The second-order valence-corrected chi connectivity index (χ2v) is 5.63. The summed E-state index contributed by atoms with van der Waals surface area (Å²) in [6, 6.07) is 7.84. The zero-order valence-corrected chi connectivity index (χ0v) is 11.4. The molecule has 0 bridgehead atoms. The predicted octanol–water partition coefficient (Wildman–Crippen LogP) is 2.65. The first-order chi connectivity index (χ1) is 8.70. The molecule has 1 saturated carbocycles. The molecule has 2 atom stereocenters. The fourth-order valence-electron chi connectivity index (χ4n) is 2.77. The van der Waals surface area contributed by atoms with Gasteiger partial charge in [0.05, 0.1) is 6.04 Å². The second-order valence-electron chi connectivity index (χ2n) is 4.71. The highest BCUT2D eigenvalue weighted by atomic mass is 79.9. The van der Waals surface area contributed by atoms with E-state index in [0.29, 0.717) is 0 Å². The standard InChI is InChI=1S/C13H14BrN3O/c14-11-5-3-10(4-6-11)13(18)7-1-2-12(13)17-9-15-8-16-17/h3-6,8-9,12,18H,1-2,7H2. The van der Waals surface area contributed by atoms with Gasteiger partial charge >= 0.3 is 0 Å². The summed E-state index contributed by atoms with van der Waals surface area (Å²) >= 11 is 3.42. The van der Waals surface area contributed by atoms with Crippen molar-refractivity contribution < 1.29 is 5.11 Å². The van der Waals surface area contributed by atoms with Crippen LogP contribution in [0.5, 0.6) is 0 Å². The molecule has 2 aromatic rings. The Morgan fingerprint density at radius 3 is 2.78 bits per heavy atom. The van der Waals surface area contributed by atoms with Gasteiger partial charge in [-0.2, -0.15) is 5.10 Å². The van der Waals surface area contributed by atoms with Gasteiger partial charge in [-0.05, 0) is 37.0 Å². The summed E-state index contributed by atoms with van der Waals surface area (Å²) in [6.07, 6.45) is 5.88. The molecule has 0 aliphatic heterocycles. The number of rotatable bonds is 2. The first-order valence-corrected chi connectivity index (χ1v) is 6.82. The normalized spacial score (nSPS) is 27.6. The van der Waals surface area contributed by atoms with Gasteiger partial charge in [-0.15, -0.1) is 0 Å². The molecule has 1 aromatic heterocycles. The topological polar surface area (TPSA) is 50.9 Å². The van der Waals surface area contributed by atoms with Crippen molar-refractivity contribution in [3.8, 4) is 0 Å². The van der Waals surface area contributed by atoms with Gasteiger partial charge in [-0.25, -0.2) is 9.67 Å². The van der Waals surface area contributed by atoms with Crippen molar-refractivity contribution in [2.45, 2.75) is 30.9 Å². The predicted molar refractivity (Wildman–Crippen MR) is 70.9 cm³/mol. The number of halogens is 1. The van der Waals surface area contributed by atoms with Gasteiger partial charge in [0.1, 0.15) is 18.3 Å². The van der Waals surface area contributed by atoms with Crippen molar-refractivity contribution in [3.05, 3.63) is 47.0 Å². The van der Waals surface area contributed by atoms with Gasteiger partial charge < -0.3 is 5.11 Å². The molecule has 4 nitrogen and oxygen atoms in total. The maximum atomic E-state index is 11.0. The first-order valence-electron chi connectivity index (χ1n) is 6.03. The van der Waals surface area contributed by atoms with Crippen LogP contribution in [0.1, 0.15) is 30.9 Å². The third-order valence-electron chi connectivity index (χ3n) is 3.69. The van der Waals surface area contributed by atoms with Crippen LogP contribution in [0.25, 0.3) is 0 Å². The van der Waals surface area contributed by atoms with E-state index in [9.17, 15) is 5.11 Å². The van der Waals surface area contributed by atoms with E-state index >= 15 is 0 Å². The van der Waals surface area contributed by atoms with Crippen molar-refractivity contribution in [1.29, 1.82) is 0 Å². The summed E-state index contributed by atoms with van der Waals surface area (Å²) in [5.41, 5.74) is 0.109. The maximum absolute atomic E-state index is 11.0. The summed E-state index contributed by atoms with van der Waals surface area (Å²) in [5.74, 6) is 0. The molecule has 1 heterocycles. The Balaban J connectivity index is 2.00. The number of benzene rings is 1. The fourth-order valence-corrected chi connectivity index (χ4v) is 3.04. The molecular formula is C13H14BrN3O. The largest absolute Gasteiger partial charge is 0.383 e. The average Bonchev–Trinajstić information content (AvgIpc) is 2.99. The van der Waals surface area contributed by atoms with Crippen LogP contribution >= 0.6 is 15.9 Å². The SMILES string of the molecule is OC1(c2ccc(Br)cc2)CCCC1n1cncn1. The van der Waals surface area contributed by atoms with Gasteiger partial charge in [-0.3, -0.25) is 0 Å². The Bertz CT molecular complexity index is 526. The van der Waals surface area contributed by atoms with Gasteiger partial charge in [0.15, 0.2) is 0 Å². The van der Waals surface area contributed by atoms with E-state index in [2.05, 4.69) is 26.0 Å². The third kappa shape index (κ3) is 1.87. The van der Waals surface area contributed by atoms with Crippen molar-refractivity contribution in [3.63, 3.8) is 0 Å². The lowest BCUT2D eigenvalue weighted by Gasteiger charge is -2.30. The lowest BCUT2D eigenvalue weighted by molar-refractivity contribution is -0.00122. The Kier molecular flexibility index (Phi) is 2.95. The molecule has 0 radical (unpaired) electrons. The molecule has 1 aliphatic rings. The number of aliphatic hydroxyl groups is 1. The van der Waals surface area contributed by atoms with E-state index in [1.54, 1.807) is 11.0 Å². The van der Waals surface area contributed by atoms with Gasteiger partial charge in [0, 0.05) is 4.47 Å². The molecule has 1 aromatic carbocycles. The van der Waals surface area contributed by atoms with Crippen LogP contribution in [0, 0.1) is 0 Å². The minimum atomic E-state index is -0.839. The maximum Gasteiger partial charge on any atom is 0.137 e. The minimum Gasteiger partial charge on any atom is -0.383 e.